The third kappa shape index (κ3) is 11.1. The van der Waals surface area contributed by atoms with Gasteiger partial charge >= 0.3 is 5.97 Å². The molecule has 12 nitrogen and oxygen atoms in total. The molecule has 0 aliphatic rings. The first kappa shape index (κ1) is 33.0. The number of hydrogen-bond donors (Lipinski definition) is 8. The molecule has 0 aliphatic heterocycles. The Labute approximate surface area is 239 Å². The van der Waals surface area contributed by atoms with Gasteiger partial charge in [-0.2, -0.15) is 0 Å². The Bertz CT molecular complexity index is 1160. The minimum atomic E-state index is -1.21. The third-order valence-corrected chi connectivity index (χ3v) is 6.55. The lowest BCUT2D eigenvalue weighted by Gasteiger charge is -2.26. The second-order valence-corrected chi connectivity index (χ2v) is 10.3. The average molecular weight is 572 g/mol. The number of nitrogens with two attached hydrogens (primary N) is 2. The number of nitrogens with one attached hydrogen (secondary N) is 3. The third-order valence-electron chi connectivity index (χ3n) is 6.55. The molecule has 2 aromatic carbocycles. The van der Waals surface area contributed by atoms with Gasteiger partial charge in [0.15, 0.2) is 0 Å². The number of aliphatic carboxylic acids is 1. The molecule has 41 heavy (non-hydrogen) atoms. The maximum atomic E-state index is 13.4. The number of amides is 3. The first-order valence-corrected chi connectivity index (χ1v) is 13.6. The van der Waals surface area contributed by atoms with E-state index in [-0.39, 0.29) is 30.8 Å². The van der Waals surface area contributed by atoms with E-state index >= 15 is 0 Å². The van der Waals surface area contributed by atoms with Gasteiger partial charge in [0.25, 0.3) is 0 Å². The van der Waals surface area contributed by atoms with Gasteiger partial charge in [-0.3, -0.25) is 14.4 Å². The van der Waals surface area contributed by atoms with Gasteiger partial charge in [-0.15, -0.1) is 0 Å². The van der Waals surface area contributed by atoms with Gasteiger partial charge in [0, 0.05) is 6.42 Å². The van der Waals surface area contributed by atoms with Gasteiger partial charge in [-0.25, -0.2) is 4.79 Å². The lowest BCUT2D eigenvalue weighted by Crippen LogP contribution is -2.58. The van der Waals surface area contributed by atoms with Crippen molar-refractivity contribution in [3.63, 3.8) is 0 Å². The normalized spacial score (nSPS) is 14.0. The number of carbonyl (C=O) groups excluding carboxylic acids is 3. The molecule has 224 valence electrons. The number of hydrogen-bond acceptors (Lipinski definition) is 8. The van der Waals surface area contributed by atoms with Crippen molar-refractivity contribution in [3.8, 4) is 11.5 Å². The smallest absolute Gasteiger partial charge is 0.326 e. The molecule has 0 aliphatic carbocycles. The van der Waals surface area contributed by atoms with Crippen molar-refractivity contribution in [1.82, 2.24) is 16.0 Å². The predicted octanol–water partition coefficient (Wildman–Crippen LogP) is 0.534. The number of benzene rings is 2. The monoisotopic (exact) mass is 571 g/mol. The minimum absolute atomic E-state index is 0.00607. The molecule has 2 aromatic rings. The van der Waals surface area contributed by atoms with Crippen LogP contribution in [0.2, 0.25) is 0 Å². The predicted molar refractivity (Wildman–Crippen MR) is 153 cm³/mol. The van der Waals surface area contributed by atoms with Crippen LogP contribution in [0.4, 0.5) is 0 Å². The number of carboxylic acids is 1. The van der Waals surface area contributed by atoms with Crippen molar-refractivity contribution in [2.45, 2.75) is 70.1 Å². The van der Waals surface area contributed by atoms with E-state index in [1.807, 2.05) is 0 Å². The summed E-state index contributed by atoms with van der Waals surface area (Å²) in [6.45, 7) is 3.69. The quantitative estimate of drug-likeness (QED) is 0.132. The van der Waals surface area contributed by atoms with Crippen LogP contribution in [0.5, 0.6) is 11.5 Å². The first-order chi connectivity index (χ1) is 19.4. The molecular weight excluding hydrogens is 530 g/mol. The first-order valence-electron chi connectivity index (χ1n) is 13.6. The SMILES string of the molecule is CC(C)C(NC(=O)C(Cc1ccc(O)cc1)NC(=O)C(CCCCN)NC(=O)C(N)Cc1ccc(O)cc1)C(=O)O. The summed E-state index contributed by atoms with van der Waals surface area (Å²) in [7, 11) is 0. The van der Waals surface area contributed by atoms with E-state index < -0.39 is 53.8 Å². The van der Waals surface area contributed by atoms with Crippen molar-refractivity contribution in [2.75, 3.05) is 6.54 Å². The summed E-state index contributed by atoms with van der Waals surface area (Å²) in [5.74, 6) is -3.44. The van der Waals surface area contributed by atoms with Crippen LogP contribution in [0.15, 0.2) is 48.5 Å². The van der Waals surface area contributed by atoms with Gasteiger partial charge in [0.2, 0.25) is 17.7 Å². The molecule has 0 heterocycles. The zero-order chi connectivity index (χ0) is 30.5. The fourth-order valence-electron chi connectivity index (χ4n) is 4.14. The number of carboxylic acid groups (broad SMARTS) is 1. The van der Waals surface area contributed by atoms with Crippen LogP contribution in [0.3, 0.4) is 0 Å². The zero-order valence-corrected chi connectivity index (χ0v) is 23.4. The standard InChI is InChI=1S/C29H41N5O7/c1-17(2)25(29(40)41)34-28(39)24(16-19-8-12-21(36)13-9-19)33-27(38)23(5-3-4-14-30)32-26(37)22(31)15-18-6-10-20(35)11-7-18/h6-13,17,22-25,35-36H,3-5,14-16,30-31H2,1-2H3,(H,32,37)(H,33,38)(H,34,39)(H,40,41). The Balaban J connectivity index is 2.22. The molecule has 4 unspecified atom stereocenters. The second-order valence-electron chi connectivity index (χ2n) is 10.3. The highest BCUT2D eigenvalue weighted by Crippen LogP contribution is 2.14. The molecule has 0 aromatic heterocycles. The lowest BCUT2D eigenvalue weighted by molar-refractivity contribution is -0.143. The molecule has 4 atom stereocenters. The topological polar surface area (TPSA) is 217 Å². The summed E-state index contributed by atoms with van der Waals surface area (Å²) in [6.07, 6.45) is 1.53. The van der Waals surface area contributed by atoms with Crippen LogP contribution in [0.1, 0.15) is 44.2 Å². The van der Waals surface area contributed by atoms with Crippen LogP contribution in [-0.2, 0) is 32.0 Å². The molecule has 3 amide bonds. The van der Waals surface area contributed by atoms with E-state index in [2.05, 4.69) is 16.0 Å². The number of unbranched alkanes of at least 4 members (excludes halogenated alkanes) is 1. The maximum absolute atomic E-state index is 13.4. The molecule has 12 heteroatoms. The number of rotatable bonds is 16. The average Bonchev–Trinajstić information content (AvgIpc) is 2.92. The van der Waals surface area contributed by atoms with Gasteiger partial charge < -0.3 is 42.7 Å². The van der Waals surface area contributed by atoms with Crippen LogP contribution in [0.25, 0.3) is 0 Å². The molecule has 0 saturated carbocycles. The molecular formula is C29H41N5O7. The Morgan fingerprint density at radius 3 is 1.71 bits per heavy atom. The van der Waals surface area contributed by atoms with Gasteiger partial charge in [-0.1, -0.05) is 38.1 Å². The highest BCUT2D eigenvalue weighted by atomic mass is 16.4. The summed E-state index contributed by atoms with van der Waals surface area (Å²) in [5.41, 5.74) is 13.0. The van der Waals surface area contributed by atoms with E-state index in [1.165, 1.54) is 24.3 Å². The van der Waals surface area contributed by atoms with Crippen molar-refractivity contribution < 1.29 is 34.5 Å². The Morgan fingerprint density at radius 1 is 0.732 bits per heavy atom. The number of phenols is 2. The summed E-state index contributed by atoms with van der Waals surface area (Å²) in [5, 5.41) is 36.5. The number of aromatic hydroxyl groups is 2. The van der Waals surface area contributed by atoms with Crippen LogP contribution < -0.4 is 27.4 Å². The fraction of sp³-hybridized carbons (Fsp3) is 0.448. The van der Waals surface area contributed by atoms with Gasteiger partial charge in [0.1, 0.15) is 29.6 Å². The molecule has 0 radical (unpaired) electrons. The van der Waals surface area contributed by atoms with E-state index in [4.69, 9.17) is 11.5 Å². The van der Waals surface area contributed by atoms with E-state index in [1.54, 1.807) is 38.1 Å². The summed E-state index contributed by atoms with van der Waals surface area (Å²) in [4.78, 5) is 51.3. The van der Waals surface area contributed by atoms with Gasteiger partial charge in [0.05, 0.1) is 6.04 Å². The molecule has 0 fully saturated rings. The van der Waals surface area contributed by atoms with Crippen LogP contribution in [0, 0.1) is 5.92 Å². The number of phenolic OH excluding ortho intramolecular Hbond substituents is 2. The molecule has 0 bridgehead atoms. The van der Waals surface area contributed by atoms with Gasteiger partial charge in [-0.05, 0) is 73.5 Å². The highest BCUT2D eigenvalue weighted by molar-refractivity contribution is 5.94. The second kappa shape index (κ2) is 16.2. The van der Waals surface area contributed by atoms with Crippen LogP contribution in [-0.4, -0.2) is 69.7 Å². The van der Waals surface area contributed by atoms with Crippen molar-refractivity contribution in [1.29, 1.82) is 0 Å². The lowest BCUT2D eigenvalue weighted by atomic mass is 10.0. The molecule has 2 rings (SSSR count). The van der Waals surface area contributed by atoms with Crippen molar-refractivity contribution in [3.05, 3.63) is 59.7 Å². The fourth-order valence-corrected chi connectivity index (χ4v) is 4.14. The highest BCUT2D eigenvalue weighted by Gasteiger charge is 2.31. The maximum Gasteiger partial charge on any atom is 0.326 e. The Hall–Kier alpha value is -4.16. The van der Waals surface area contributed by atoms with E-state index in [0.29, 0.717) is 24.9 Å². The van der Waals surface area contributed by atoms with E-state index in [0.717, 1.165) is 5.56 Å². The zero-order valence-electron chi connectivity index (χ0n) is 23.4. The minimum Gasteiger partial charge on any atom is -0.508 e. The Morgan fingerprint density at radius 2 is 1.22 bits per heavy atom. The van der Waals surface area contributed by atoms with Crippen molar-refractivity contribution in [2.24, 2.45) is 17.4 Å². The number of carbonyl (C=O) groups is 4. The molecule has 10 N–H and O–H groups in total. The Kier molecular flexibility index (Phi) is 13.0. The molecule has 0 saturated heterocycles. The largest absolute Gasteiger partial charge is 0.508 e. The summed E-state index contributed by atoms with van der Waals surface area (Å²) >= 11 is 0. The summed E-state index contributed by atoms with van der Waals surface area (Å²) < 4.78 is 0. The summed E-state index contributed by atoms with van der Waals surface area (Å²) in [6, 6.07) is 7.92. The molecule has 0 spiro atoms. The van der Waals surface area contributed by atoms with E-state index in [9.17, 15) is 34.5 Å². The van der Waals surface area contributed by atoms with Crippen LogP contribution >= 0.6 is 0 Å². The van der Waals surface area contributed by atoms with Crippen molar-refractivity contribution >= 4 is 23.7 Å².